The quantitative estimate of drug-likeness (QED) is 0.901. The van der Waals surface area contributed by atoms with Crippen molar-refractivity contribution in [2.75, 3.05) is 0 Å². The summed E-state index contributed by atoms with van der Waals surface area (Å²) in [6.07, 6.45) is 8.03. The highest BCUT2D eigenvalue weighted by Crippen LogP contribution is 2.29. The van der Waals surface area contributed by atoms with E-state index in [4.69, 9.17) is 5.73 Å². The van der Waals surface area contributed by atoms with E-state index in [1.807, 2.05) is 0 Å². The normalized spacial score (nSPS) is 19.3. The Hall–Kier alpha value is -0.580. The molecule has 17 heavy (non-hydrogen) atoms. The highest BCUT2D eigenvalue weighted by Gasteiger charge is 2.18. The molecule has 90 valence electrons. The molecule has 0 amide bonds. The number of nitrogens with zero attached hydrogens (tertiary/aromatic N) is 1. The monoisotopic (exact) mass is 310 g/mol. The molecule has 0 aromatic carbocycles. The standard InChI is InChI=1S/C13H15BrN2S/c14-13-5-4-10(17-13)7-16-6-9-2-1-3-12(15)11(9)8-16/h4-6,8,12H,1-3,7,15H2. The third kappa shape index (κ3) is 2.34. The van der Waals surface area contributed by atoms with Crippen molar-refractivity contribution in [3.8, 4) is 0 Å². The first-order valence-corrected chi connectivity index (χ1v) is 7.51. The van der Waals surface area contributed by atoms with Crippen LogP contribution in [0.25, 0.3) is 0 Å². The number of rotatable bonds is 2. The molecular weight excluding hydrogens is 296 g/mol. The van der Waals surface area contributed by atoms with Gasteiger partial charge >= 0.3 is 0 Å². The molecule has 0 saturated carbocycles. The zero-order valence-corrected chi connectivity index (χ0v) is 11.9. The minimum Gasteiger partial charge on any atom is -0.348 e. The van der Waals surface area contributed by atoms with E-state index in [1.165, 1.54) is 32.6 Å². The highest BCUT2D eigenvalue weighted by atomic mass is 79.9. The van der Waals surface area contributed by atoms with Crippen LogP contribution in [0.4, 0.5) is 0 Å². The maximum Gasteiger partial charge on any atom is 0.0702 e. The van der Waals surface area contributed by atoms with E-state index >= 15 is 0 Å². The molecule has 1 unspecified atom stereocenters. The Kier molecular flexibility index (Phi) is 3.11. The summed E-state index contributed by atoms with van der Waals surface area (Å²) in [6.45, 7) is 0.954. The Morgan fingerprint density at radius 2 is 2.29 bits per heavy atom. The number of thiophene rings is 1. The van der Waals surface area contributed by atoms with Gasteiger partial charge in [-0.05, 0) is 58.5 Å². The Labute approximate surface area is 114 Å². The molecule has 0 aliphatic heterocycles. The maximum absolute atomic E-state index is 6.14. The summed E-state index contributed by atoms with van der Waals surface area (Å²) in [6, 6.07) is 4.53. The molecule has 0 bridgehead atoms. The number of hydrogen-bond donors (Lipinski definition) is 1. The Bertz CT molecular complexity index is 529. The minimum atomic E-state index is 0.245. The molecule has 2 aromatic rings. The number of hydrogen-bond acceptors (Lipinski definition) is 2. The van der Waals surface area contributed by atoms with Gasteiger partial charge in [-0.2, -0.15) is 0 Å². The number of halogens is 1. The van der Waals surface area contributed by atoms with Crippen LogP contribution in [0.1, 0.15) is 34.9 Å². The van der Waals surface area contributed by atoms with Gasteiger partial charge in [0, 0.05) is 23.3 Å². The maximum atomic E-state index is 6.14. The SMILES string of the molecule is NC1CCCc2cn(Cc3ccc(Br)s3)cc21. The van der Waals surface area contributed by atoms with E-state index in [1.54, 1.807) is 11.3 Å². The lowest BCUT2D eigenvalue weighted by atomic mass is 9.92. The van der Waals surface area contributed by atoms with Gasteiger partial charge in [0.15, 0.2) is 0 Å². The van der Waals surface area contributed by atoms with Crippen LogP contribution in [0.15, 0.2) is 28.3 Å². The molecule has 1 aliphatic rings. The van der Waals surface area contributed by atoms with Crippen molar-refractivity contribution >= 4 is 27.3 Å². The largest absolute Gasteiger partial charge is 0.348 e. The second-order valence-electron chi connectivity index (χ2n) is 4.62. The van der Waals surface area contributed by atoms with E-state index in [9.17, 15) is 0 Å². The van der Waals surface area contributed by atoms with Crippen LogP contribution in [-0.4, -0.2) is 4.57 Å². The van der Waals surface area contributed by atoms with Crippen LogP contribution in [-0.2, 0) is 13.0 Å². The smallest absolute Gasteiger partial charge is 0.0702 e. The van der Waals surface area contributed by atoms with Gasteiger partial charge in [-0.1, -0.05) is 0 Å². The molecule has 2 heterocycles. The van der Waals surface area contributed by atoms with Crippen LogP contribution >= 0.6 is 27.3 Å². The molecule has 2 N–H and O–H groups in total. The summed E-state index contributed by atoms with van der Waals surface area (Å²) < 4.78 is 3.47. The van der Waals surface area contributed by atoms with E-state index < -0.39 is 0 Å². The lowest BCUT2D eigenvalue weighted by Gasteiger charge is -2.17. The van der Waals surface area contributed by atoms with Gasteiger partial charge in [0.2, 0.25) is 0 Å². The first-order valence-electron chi connectivity index (χ1n) is 5.91. The van der Waals surface area contributed by atoms with E-state index in [0.717, 1.165) is 13.0 Å². The molecule has 4 heteroatoms. The summed E-state index contributed by atoms with van der Waals surface area (Å²) in [5.74, 6) is 0. The molecule has 2 nitrogen and oxygen atoms in total. The molecule has 2 aromatic heterocycles. The van der Waals surface area contributed by atoms with Crippen molar-refractivity contribution in [3.05, 3.63) is 44.3 Å². The first-order chi connectivity index (χ1) is 8.22. The van der Waals surface area contributed by atoms with Crippen molar-refractivity contribution in [3.63, 3.8) is 0 Å². The van der Waals surface area contributed by atoms with Gasteiger partial charge < -0.3 is 10.3 Å². The number of aromatic nitrogens is 1. The third-order valence-electron chi connectivity index (χ3n) is 3.33. The average Bonchev–Trinajstić information content (AvgIpc) is 2.86. The van der Waals surface area contributed by atoms with Crippen molar-refractivity contribution in [2.45, 2.75) is 31.8 Å². The van der Waals surface area contributed by atoms with Crippen molar-refractivity contribution in [1.29, 1.82) is 0 Å². The fraction of sp³-hybridized carbons (Fsp3) is 0.385. The summed E-state index contributed by atoms with van der Waals surface area (Å²) in [5, 5.41) is 0. The van der Waals surface area contributed by atoms with Crippen molar-refractivity contribution < 1.29 is 0 Å². The summed E-state index contributed by atoms with van der Waals surface area (Å²) in [4.78, 5) is 1.37. The minimum absolute atomic E-state index is 0.245. The zero-order valence-electron chi connectivity index (χ0n) is 9.53. The summed E-state index contributed by atoms with van der Waals surface area (Å²) >= 11 is 5.30. The Morgan fingerprint density at radius 3 is 3.00 bits per heavy atom. The molecule has 0 spiro atoms. The summed E-state index contributed by atoms with van der Waals surface area (Å²) in [5.41, 5.74) is 8.94. The van der Waals surface area contributed by atoms with Gasteiger partial charge in [-0.25, -0.2) is 0 Å². The summed E-state index contributed by atoms with van der Waals surface area (Å²) in [7, 11) is 0. The third-order valence-corrected chi connectivity index (χ3v) is 4.93. The lowest BCUT2D eigenvalue weighted by Crippen LogP contribution is -2.15. The van der Waals surface area contributed by atoms with Crippen LogP contribution in [0.5, 0.6) is 0 Å². The number of nitrogens with two attached hydrogens (primary N) is 1. The van der Waals surface area contributed by atoms with Gasteiger partial charge in [-0.3, -0.25) is 0 Å². The highest BCUT2D eigenvalue weighted by molar-refractivity contribution is 9.11. The molecule has 3 rings (SSSR count). The van der Waals surface area contributed by atoms with Gasteiger partial charge in [0.05, 0.1) is 10.3 Å². The fourth-order valence-corrected chi connectivity index (χ4v) is 3.98. The molecule has 1 atom stereocenters. The first kappa shape index (κ1) is 11.5. The molecule has 0 radical (unpaired) electrons. The predicted octanol–water partition coefficient (Wildman–Crippen LogP) is 3.70. The lowest BCUT2D eigenvalue weighted by molar-refractivity contribution is 0.573. The van der Waals surface area contributed by atoms with E-state index in [2.05, 4.69) is 45.0 Å². The van der Waals surface area contributed by atoms with Crippen LogP contribution in [0.2, 0.25) is 0 Å². The number of aryl methyl sites for hydroxylation is 1. The second-order valence-corrected chi connectivity index (χ2v) is 7.16. The van der Waals surface area contributed by atoms with Gasteiger partial charge in [0.25, 0.3) is 0 Å². The fourth-order valence-electron chi connectivity index (χ4n) is 2.49. The number of fused-ring (bicyclic) bond motifs is 1. The van der Waals surface area contributed by atoms with Gasteiger partial charge in [-0.15, -0.1) is 11.3 Å². The van der Waals surface area contributed by atoms with Crippen LogP contribution in [0.3, 0.4) is 0 Å². The van der Waals surface area contributed by atoms with E-state index in [0.29, 0.717) is 0 Å². The van der Waals surface area contributed by atoms with Crippen molar-refractivity contribution in [1.82, 2.24) is 4.57 Å². The molecule has 0 saturated heterocycles. The molecule has 1 aliphatic carbocycles. The predicted molar refractivity (Wildman–Crippen MR) is 75.4 cm³/mol. The van der Waals surface area contributed by atoms with Crippen LogP contribution in [0, 0.1) is 0 Å². The molecule has 0 fully saturated rings. The second kappa shape index (κ2) is 4.59. The van der Waals surface area contributed by atoms with Crippen LogP contribution < -0.4 is 5.73 Å². The Balaban J connectivity index is 1.85. The van der Waals surface area contributed by atoms with Gasteiger partial charge in [0.1, 0.15) is 0 Å². The molecular formula is C13H15BrN2S. The average molecular weight is 311 g/mol. The van der Waals surface area contributed by atoms with E-state index in [-0.39, 0.29) is 6.04 Å². The van der Waals surface area contributed by atoms with Crippen molar-refractivity contribution in [2.24, 2.45) is 5.73 Å². The topological polar surface area (TPSA) is 30.9 Å². The Morgan fingerprint density at radius 1 is 1.41 bits per heavy atom. The zero-order chi connectivity index (χ0) is 11.8.